The molecular weight excluding hydrogens is 236 g/mol. The van der Waals surface area contributed by atoms with Crippen LogP contribution in [0.5, 0.6) is 0 Å². The van der Waals surface area contributed by atoms with E-state index >= 15 is 0 Å². The van der Waals surface area contributed by atoms with Crippen LogP contribution in [0.15, 0.2) is 0 Å². The van der Waals surface area contributed by atoms with Gasteiger partial charge in [-0.05, 0) is 32.1 Å². The molecule has 1 N–H and O–H groups in total. The summed E-state index contributed by atoms with van der Waals surface area (Å²) >= 11 is 0. The first-order valence-electron chi connectivity index (χ1n) is 7.98. The summed E-state index contributed by atoms with van der Waals surface area (Å²) in [6.45, 7) is 0. The second-order valence-electron chi connectivity index (χ2n) is 6.68. The standard InChI is InChI=1S/C15H24N4/c1-19-15(12-9-11-7-8-13(12)16-11)17-14(18-19)10-5-3-2-4-6-10/h10-13,16H,2-9H2,1H3. The van der Waals surface area contributed by atoms with Crippen molar-refractivity contribution in [2.75, 3.05) is 0 Å². The van der Waals surface area contributed by atoms with E-state index in [2.05, 4.69) is 17.0 Å². The quantitative estimate of drug-likeness (QED) is 0.888. The highest BCUT2D eigenvalue weighted by atomic mass is 15.3. The maximum absolute atomic E-state index is 4.95. The third-order valence-corrected chi connectivity index (χ3v) is 5.42. The second kappa shape index (κ2) is 4.58. The van der Waals surface area contributed by atoms with Crippen molar-refractivity contribution in [3.8, 4) is 0 Å². The largest absolute Gasteiger partial charge is 0.310 e. The summed E-state index contributed by atoms with van der Waals surface area (Å²) < 4.78 is 2.07. The van der Waals surface area contributed by atoms with Crippen LogP contribution in [0.2, 0.25) is 0 Å². The Bertz CT molecular complexity index is 461. The summed E-state index contributed by atoms with van der Waals surface area (Å²) in [6, 6.07) is 1.40. The van der Waals surface area contributed by atoms with E-state index in [-0.39, 0.29) is 0 Å². The molecule has 1 aromatic heterocycles. The summed E-state index contributed by atoms with van der Waals surface area (Å²) in [6.07, 6.45) is 10.6. The fourth-order valence-corrected chi connectivity index (χ4v) is 4.38. The molecule has 4 heteroatoms. The van der Waals surface area contributed by atoms with Gasteiger partial charge in [-0.25, -0.2) is 4.98 Å². The molecule has 0 aromatic carbocycles. The van der Waals surface area contributed by atoms with Crippen LogP contribution in [0.3, 0.4) is 0 Å². The number of nitrogens with zero attached hydrogens (tertiary/aromatic N) is 3. The lowest BCUT2D eigenvalue weighted by Gasteiger charge is -2.19. The summed E-state index contributed by atoms with van der Waals surface area (Å²) in [5.74, 6) is 3.59. The lowest BCUT2D eigenvalue weighted by Crippen LogP contribution is -2.23. The molecule has 3 fully saturated rings. The molecule has 4 nitrogen and oxygen atoms in total. The van der Waals surface area contributed by atoms with Gasteiger partial charge in [0.15, 0.2) is 5.82 Å². The van der Waals surface area contributed by atoms with Crippen LogP contribution >= 0.6 is 0 Å². The molecule has 0 amide bonds. The Morgan fingerprint density at radius 1 is 1.11 bits per heavy atom. The zero-order valence-corrected chi connectivity index (χ0v) is 11.8. The SMILES string of the molecule is Cn1nc(C2CCCCC2)nc1C1CC2CCC1N2. The van der Waals surface area contributed by atoms with Gasteiger partial charge in [-0.3, -0.25) is 4.68 Å². The smallest absolute Gasteiger partial charge is 0.154 e. The Balaban J connectivity index is 1.57. The second-order valence-corrected chi connectivity index (χ2v) is 6.68. The highest BCUT2D eigenvalue weighted by Crippen LogP contribution is 2.40. The van der Waals surface area contributed by atoms with Gasteiger partial charge in [-0.2, -0.15) is 5.10 Å². The van der Waals surface area contributed by atoms with Crippen molar-refractivity contribution in [3.05, 3.63) is 11.6 Å². The van der Waals surface area contributed by atoms with E-state index in [9.17, 15) is 0 Å². The molecule has 2 saturated heterocycles. The average molecular weight is 260 g/mol. The number of fused-ring (bicyclic) bond motifs is 2. The summed E-state index contributed by atoms with van der Waals surface area (Å²) in [4.78, 5) is 4.95. The van der Waals surface area contributed by atoms with E-state index in [1.165, 1.54) is 57.2 Å². The van der Waals surface area contributed by atoms with Crippen molar-refractivity contribution in [3.63, 3.8) is 0 Å². The molecule has 3 unspecified atom stereocenters. The van der Waals surface area contributed by atoms with Gasteiger partial charge in [0.05, 0.1) is 0 Å². The monoisotopic (exact) mass is 260 g/mol. The number of nitrogens with one attached hydrogen (secondary N) is 1. The fraction of sp³-hybridized carbons (Fsp3) is 0.867. The summed E-state index contributed by atoms with van der Waals surface area (Å²) in [5, 5.41) is 8.45. The maximum atomic E-state index is 4.95. The normalized spacial score (nSPS) is 35.1. The predicted molar refractivity (Wildman–Crippen MR) is 74.1 cm³/mol. The number of aryl methyl sites for hydroxylation is 1. The van der Waals surface area contributed by atoms with E-state index < -0.39 is 0 Å². The molecule has 2 aliphatic heterocycles. The van der Waals surface area contributed by atoms with Crippen LogP contribution in [0.1, 0.15) is 74.9 Å². The van der Waals surface area contributed by atoms with Crippen LogP contribution in [0.4, 0.5) is 0 Å². The third kappa shape index (κ3) is 2.00. The number of hydrogen-bond donors (Lipinski definition) is 1. The minimum atomic E-state index is 0.605. The first-order valence-corrected chi connectivity index (χ1v) is 7.98. The third-order valence-electron chi connectivity index (χ3n) is 5.42. The number of hydrogen-bond acceptors (Lipinski definition) is 3. The van der Waals surface area contributed by atoms with E-state index in [0.717, 1.165) is 11.9 Å². The van der Waals surface area contributed by atoms with Crippen LogP contribution in [0.25, 0.3) is 0 Å². The van der Waals surface area contributed by atoms with Gasteiger partial charge in [-0.15, -0.1) is 0 Å². The molecule has 19 heavy (non-hydrogen) atoms. The van der Waals surface area contributed by atoms with Crippen molar-refractivity contribution in [2.24, 2.45) is 7.05 Å². The first kappa shape index (κ1) is 11.9. The maximum Gasteiger partial charge on any atom is 0.154 e. The Morgan fingerprint density at radius 2 is 1.95 bits per heavy atom. The van der Waals surface area contributed by atoms with Gasteiger partial charge >= 0.3 is 0 Å². The molecule has 1 saturated carbocycles. The van der Waals surface area contributed by atoms with Crippen molar-refractivity contribution in [1.29, 1.82) is 0 Å². The molecule has 3 aliphatic rings. The van der Waals surface area contributed by atoms with Crippen LogP contribution in [-0.4, -0.2) is 26.8 Å². The molecule has 1 aromatic rings. The van der Waals surface area contributed by atoms with E-state index in [1.54, 1.807) is 0 Å². The van der Waals surface area contributed by atoms with E-state index in [0.29, 0.717) is 17.9 Å². The van der Waals surface area contributed by atoms with E-state index in [1.807, 2.05) is 0 Å². The Labute approximate surface area is 115 Å². The molecule has 3 heterocycles. The molecule has 1 aliphatic carbocycles. The number of aromatic nitrogens is 3. The van der Waals surface area contributed by atoms with Gasteiger partial charge in [0.2, 0.25) is 0 Å². The van der Waals surface area contributed by atoms with Gasteiger partial charge in [0.25, 0.3) is 0 Å². The van der Waals surface area contributed by atoms with Crippen LogP contribution in [0, 0.1) is 0 Å². The van der Waals surface area contributed by atoms with E-state index in [4.69, 9.17) is 10.1 Å². The minimum Gasteiger partial charge on any atom is -0.310 e. The molecule has 4 rings (SSSR count). The first-order chi connectivity index (χ1) is 9.31. The fourth-order valence-electron chi connectivity index (χ4n) is 4.38. The predicted octanol–water partition coefficient (Wildman–Crippen LogP) is 2.47. The van der Waals surface area contributed by atoms with Crippen LogP contribution in [-0.2, 0) is 7.05 Å². The molecule has 2 bridgehead atoms. The lowest BCUT2D eigenvalue weighted by molar-refractivity contribution is 0.427. The van der Waals surface area contributed by atoms with Crippen LogP contribution < -0.4 is 5.32 Å². The Kier molecular flexibility index (Phi) is 2.87. The topological polar surface area (TPSA) is 42.7 Å². The molecule has 0 spiro atoms. The average Bonchev–Trinajstić information content (AvgIpc) is 3.14. The van der Waals surface area contributed by atoms with Gasteiger partial charge in [-0.1, -0.05) is 19.3 Å². The van der Waals surface area contributed by atoms with Crippen molar-refractivity contribution in [2.45, 2.75) is 75.3 Å². The van der Waals surface area contributed by atoms with Gasteiger partial charge in [0, 0.05) is 31.0 Å². The van der Waals surface area contributed by atoms with Crippen molar-refractivity contribution >= 4 is 0 Å². The minimum absolute atomic E-state index is 0.605. The van der Waals surface area contributed by atoms with Gasteiger partial charge in [0.1, 0.15) is 5.82 Å². The molecular formula is C15H24N4. The van der Waals surface area contributed by atoms with Crippen molar-refractivity contribution in [1.82, 2.24) is 20.1 Å². The summed E-state index contributed by atoms with van der Waals surface area (Å²) in [5.41, 5.74) is 0. The molecule has 3 atom stereocenters. The number of rotatable bonds is 2. The zero-order chi connectivity index (χ0) is 12.8. The Hall–Kier alpha value is -0.900. The Morgan fingerprint density at radius 3 is 2.63 bits per heavy atom. The lowest BCUT2D eigenvalue weighted by atomic mass is 9.88. The molecule has 104 valence electrons. The summed E-state index contributed by atoms with van der Waals surface area (Å²) in [7, 11) is 2.08. The highest BCUT2D eigenvalue weighted by molar-refractivity contribution is 5.14. The van der Waals surface area contributed by atoms with Gasteiger partial charge < -0.3 is 5.32 Å². The zero-order valence-electron chi connectivity index (χ0n) is 11.8. The van der Waals surface area contributed by atoms with Crippen molar-refractivity contribution < 1.29 is 0 Å². The molecule has 0 radical (unpaired) electrons. The highest BCUT2D eigenvalue weighted by Gasteiger charge is 2.42.